The molecule has 0 spiro atoms. The van der Waals surface area contributed by atoms with Crippen molar-refractivity contribution in [3.63, 3.8) is 0 Å². The Labute approximate surface area is 97.3 Å². The predicted molar refractivity (Wildman–Crippen MR) is 59.1 cm³/mol. The molecule has 1 aliphatic heterocycles. The van der Waals surface area contributed by atoms with Crippen molar-refractivity contribution in [1.29, 1.82) is 0 Å². The van der Waals surface area contributed by atoms with Crippen molar-refractivity contribution in [3.05, 3.63) is 29.2 Å². The summed E-state index contributed by atoms with van der Waals surface area (Å²) in [6.07, 6.45) is 1.28. The molecule has 1 fully saturated rings. The van der Waals surface area contributed by atoms with Crippen molar-refractivity contribution in [1.82, 2.24) is 19.7 Å². The minimum atomic E-state index is 0.498. The van der Waals surface area contributed by atoms with E-state index in [-0.39, 0.29) is 0 Å². The first-order chi connectivity index (χ1) is 7.83. The number of hydrogen-bond donors (Lipinski definition) is 0. The van der Waals surface area contributed by atoms with Gasteiger partial charge in [-0.2, -0.15) is 0 Å². The highest BCUT2D eigenvalue weighted by atomic mass is 35.5. The maximum absolute atomic E-state index is 5.88. The van der Waals surface area contributed by atoms with Gasteiger partial charge in [0.1, 0.15) is 16.7 Å². The molecular weight excluding hydrogens is 224 g/mol. The van der Waals surface area contributed by atoms with Crippen LogP contribution in [0.1, 0.15) is 18.2 Å². The van der Waals surface area contributed by atoms with Gasteiger partial charge >= 0.3 is 0 Å². The van der Waals surface area contributed by atoms with Gasteiger partial charge in [0.05, 0.1) is 0 Å². The highest BCUT2D eigenvalue weighted by Gasteiger charge is 2.48. The highest BCUT2D eigenvalue weighted by molar-refractivity contribution is 6.29. The second-order valence-corrected chi connectivity index (χ2v) is 4.83. The second kappa shape index (κ2) is 2.83. The van der Waals surface area contributed by atoms with Crippen LogP contribution in [-0.2, 0) is 6.54 Å². The lowest BCUT2D eigenvalue weighted by atomic mass is 10.3. The van der Waals surface area contributed by atoms with E-state index in [0.717, 1.165) is 29.8 Å². The van der Waals surface area contributed by atoms with Gasteiger partial charge in [0.25, 0.3) is 0 Å². The van der Waals surface area contributed by atoms with E-state index in [4.69, 9.17) is 11.6 Å². The maximum atomic E-state index is 5.88. The van der Waals surface area contributed by atoms with Crippen molar-refractivity contribution >= 4 is 11.6 Å². The van der Waals surface area contributed by atoms with E-state index < -0.39 is 0 Å². The van der Waals surface area contributed by atoms with Crippen LogP contribution in [0.4, 0.5) is 0 Å². The van der Waals surface area contributed by atoms with Gasteiger partial charge < -0.3 is 4.57 Å². The van der Waals surface area contributed by atoms with E-state index in [1.54, 1.807) is 6.07 Å². The number of aromatic nitrogens is 4. The molecule has 2 aromatic rings. The zero-order chi connectivity index (χ0) is 10.7. The number of hydrogen-bond acceptors (Lipinski definition) is 3. The standard InChI is InChI=1S/C11H9ClN4/c12-9-3-1-2-8(13-9)11-15-14-10-7-4-6(7)5-16(10)11/h1-3,6-7H,4-5H2. The van der Waals surface area contributed by atoms with Crippen LogP contribution in [0.25, 0.3) is 11.5 Å². The minimum Gasteiger partial charge on any atom is -0.309 e. The molecule has 1 saturated carbocycles. The Bertz CT molecular complexity index is 577. The van der Waals surface area contributed by atoms with E-state index in [1.807, 2.05) is 12.1 Å². The topological polar surface area (TPSA) is 43.6 Å². The molecular formula is C11H9ClN4. The van der Waals surface area contributed by atoms with Crippen LogP contribution < -0.4 is 0 Å². The van der Waals surface area contributed by atoms with Crippen LogP contribution in [0.3, 0.4) is 0 Å². The molecule has 2 unspecified atom stereocenters. The summed E-state index contributed by atoms with van der Waals surface area (Å²) in [6, 6.07) is 5.58. The molecule has 16 heavy (non-hydrogen) atoms. The van der Waals surface area contributed by atoms with E-state index in [1.165, 1.54) is 6.42 Å². The molecule has 0 bridgehead atoms. The smallest absolute Gasteiger partial charge is 0.182 e. The molecule has 5 heteroatoms. The SMILES string of the molecule is Clc1cccc(-c2nnc3n2CC2CC32)n1. The van der Waals surface area contributed by atoms with Crippen molar-refractivity contribution in [2.24, 2.45) is 5.92 Å². The Morgan fingerprint density at radius 3 is 3.12 bits per heavy atom. The quantitative estimate of drug-likeness (QED) is 0.708. The summed E-state index contributed by atoms with van der Waals surface area (Å²) in [5.74, 6) is 3.43. The van der Waals surface area contributed by atoms with E-state index in [0.29, 0.717) is 11.1 Å². The fraction of sp³-hybridized carbons (Fsp3) is 0.364. The highest BCUT2D eigenvalue weighted by Crippen LogP contribution is 2.53. The van der Waals surface area contributed by atoms with E-state index in [9.17, 15) is 0 Å². The Hall–Kier alpha value is -1.42. The van der Waals surface area contributed by atoms with Crippen molar-refractivity contribution < 1.29 is 0 Å². The third kappa shape index (κ3) is 1.08. The summed E-state index contributed by atoms with van der Waals surface area (Å²) in [6.45, 7) is 1.04. The molecule has 0 amide bonds. The van der Waals surface area contributed by atoms with Gasteiger partial charge in [0.15, 0.2) is 5.82 Å². The molecule has 2 aromatic heterocycles. The fourth-order valence-electron chi connectivity index (χ4n) is 2.49. The maximum Gasteiger partial charge on any atom is 0.182 e. The molecule has 0 saturated heterocycles. The monoisotopic (exact) mass is 232 g/mol. The Morgan fingerprint density at radius 2 is 2.25 bits per heavy atom. The molecule has 80 valence electrons. The molecule has 0 N–H and O–H groups in total. The van der Waals surface area contributed by atoms with Crippen LogP contribution in [0.2, 0.25) is 5.15 Å². The van der Waals surface area contributed by atoms with Gasteiger partial charge in [0.2, 0.25) is 0 Å². The molecule has 0 aromatic carbocycles. The first-order valence-electron chi connectivity index (χ1n) is 5.39. The summed E-state index contributed by atoms with van der Waals surface area (Å²) >= 11 is 5.88. The molecule has 0 radical (unpaired) electrons. The normalized spacial score (nSPS) is 25.3. The number of fused-ring (bicyclic) bond motifs is 3. The lowest BCUT2D eigenvalue weighted by molar-refractivity contribution is 0.671. The second-order valence-electron chi connectivity index (χ2n) is 4.44. The molecule has 4 rings (SSSR count). The molecule has 2 aliphatic rings. The molecule has 2 atom stereocenters. The molecule has 3 heterocycles. The molecule has 1 aliphatic carbocycles. The Morgan fingerprint density at radius 1 is 1.31 bits per heavy atom. The minimum absolute atomic E-state index is 0.498. The van der Waals surface area contributed by atoms with Gasteiger partial charge in [0, 0.05) is 12.5 Å². The first kappa shape index (κ1) is 8.70. The van der Waals surface area contributed by atoms with Gasteiger partial charge in [-0.3, -0.25) is 0 Å². The largest absolute Gasteiger partial charge is 0.309 e. The fourth-order valence-corrected chi connectivity index (χ4v) is 2.66. The van der Waals surface area contributed by atoms with Crippen LogP contribution in [0.15, 0.2) is 18.2 Å². The van der Waals surface area contributed by atoms with E-state index in [2.05, 4.69) is 19.7 Å². The number of rotatable bonds is 1. The average molecular weight is 233 g/mol. The Kier molecular flexibility index (Phi) is 1.54. The zero-order valence-electron chi connectivity index (χ0n) is 8.47. The lowest BCUT2D eigenvalue weighted by Crippen LogP contribution is -2.01. The first-order valence-corrected chi connectivity index (χ1v) is 5.77. The van der Waals surface area contributed by atoms with E-state index >= 15 is 0 Å². The summed E-state index contributed by atoms with van der Waals surface area (Å²) in [7, 11) is 0. The average Bonchev–Trinajstić information content (AvgIpc) is 2.77. The van der Waals surface area contributed by atoms with Crippen molar-refractivity contribution in [3.8, 4) is 11.5 Å². The van der Waals surface area contributed by atoms with Gasteiger partial charge in [-0.1, -0.05) is 17.7 Å². The summed E-state index contributed by atoms with van der Waals surface area (Å²) < 4.78 is 2.18. The summed E-state index contributed by atoms with van der Waals surface area (Å²) in [4.78, 5) is 4.28. The molecule has 4 nitrogen and oxygen atoms in total. The van der Waals surface area contributed by atoms with Gasteiger partial charge in [-0.25, -0.2) is 4.98 Å². The van der Waals surface area contributed by atoms with Crippen LogP contribution in [0.5, 0.6) is 0 Å². The number of pyridine rings is 1. The van der Waals surface area contributed by atoms with Gasteiger partial charge in [-0.05, 0) is 24.5 Å². The number of nitrogens with zero attached hydrogens (tertiary/aromatic N) is 4. The predicted octanol–water partition coefficient (Wildman–Crippen LogP) is 2.11. The van der Waals surface area contributed by atoms with Crippen LogP contribution in [-0.4, -0.2) is 19.7 Å². The summed E-state index contributed by atoms with van der Waals surface area (Å²) in [5, 5.41) is 8.97. The van der Waals surface area contributed by atoms with Crippen LogP contribution in [0, 0.1) is 5.92 Å². The van der Waals surface area contributed by atoms with Crippen molar-refractivity contribution in [2.75, 3.05) is 0 Å². The third-order valence-electron chi connectivity index (χ3n) is 3.39. The van der Waals surface area contributed by atoms with Crippen molar-refractivity contribution in [2.45, 2.75) is 18.9 Å². The lowest BCUT2D eigenvalue weighted by Gasteiger charge is -2.04. The zero-order valence-corrected chi connectivity index (χ0v) is 9.22. The number of halogens is 1. The Balaban J connectivity index is 1.86. The van der Waals surface area contributed by atoms with Crippen LogP contribution >= 0.6 is 11.6 Å². The van der Waals surface area contributed by atoms with Gasteiger partial charge in [-0.15, -0.1) is 10.2 Å². The third-order valence-corrected chi connectivity index (χ3v) is 3.61. The summed E-state index contributed by atoms with van der Waals surface area (Å²) in [5.41, 5.74) is 0.813.